The van der Waals surface area contributed by atoms with Crippen molar-refractivity contribution in [1.82, 2.24) is 5.43 Å². The molecule has 4 nitrogen and oxygen atoms in total. The van der Waals surface area contributed by atoms with E-state index >= 15 is 0 Å². The van der Waals surface area contributed by atoms with Crippen LogP contribution >= 0.6 is 0 Å². The molecule has 1 saturated heterocycles. The van der Waals surface area contributed by atoms with Crippen molar-refractivity contribution in [3.8, 4) is 0 Å². The van der Waals surface area contributed by atoms with Gasteiger partial charge in [0.15, 0.2) is 9.84 Å². The highest BCUT2D eigenvalue weighted by Crippen LogP contribution is 2.17. The molecule has 1 aliphatic heterocycles. The van der Waals surface area contributed by atoms with Crippen LogP contribution in [-0.4, -0.2) is 26.0 Å². The molecule has 0 unspecified atom stereocenters. The molecule has 2 atom stereocenters. The molecule has 0 aromatic rings. The molecule has 0 saturated carbocycles. The zero-order valence-corrected chi connectivity index (χ0v) is 6.69. The summed E-state index contributed by atoms with van der Waals surface area (Å²) in [5.41, 5.74) is 2.49. The lowest BCUT2D eigenvalue weighted by molar-refractivity contribution is 0.466. The van der Waals surface area contributed by atoms with Gasteiger partial charge in [-0.25, -0.2) is 8.42 Å². The van der Waals surface area contributed by atoms with E-state index in [1.54, 1.807) is 0 Å². The van der Waals surface area contributed by atoms with Crippen molar-refractivity contribution >= 4 is 9.84 Å². The van der Waals surface area contributed by atoms with Gasteiger partial charge in [-0.05, 0) is 5.92 Å². The first kappa shape index (κ1) is 7.97. The molecule has 0 spiro atoms. The number of nitrogens with one attached hydrogen (secondary N) is 1. The van der Waals surface area contributed by atoms with Crippen LogP contribution in [0.25, 0.3) is 0 Å². The third-order valence-electron chi connectivity index (χ3n) is 1.85. The minimum Gasteiger partial charge on any atom is -0.271 e. The smallest absolute Gasteiger partial charge is 0.152 e. The Kier molecular flexibility index (Phi) is 1.98. The lowest BCUT2D eigenvalue weighted by Crippen LogP contribution is -2.39. The van der Waals surface area contributed by atoms with Gasteiger partial charge in [0.2, 0.25) is 0 Å². The summed E-state index contributed by atoms with van der Waals surface area (Å²) in [7, 11) is -2.80. The zero-order valence-electron chi connectivity index (χ0n) is 5.87. The molecular formula is C5H12N2O2S. The first-order valence-corrected chi connectivity index (χ1v) is 5.04. The molecule has 1 heterocycles. The lowest BCUT2D eigenvalue weighted by Gasteiger charge is -2.09. The minimum absolute atomic E-state index is 0.0509. The molecule has 1 rings (SSSR count). The van der Waals surface area contributed by atoms with Gasteiger partial charge in [0.1, 0.15) is 0 Å². The Morgan fingerprint density at radius 1 is 1.50 bits per heavy atom. The maximum Gasteiger partial charge on any atom is 0.152 e. The summed E-state index contributed by atoms with van der Waals surface area (Å²) in [5, 5.41) is 0. The number of hydrogen-bond acceptors (Lipinski definition) is 4. The van der Waals surface area contributed by atoms with Crippen LogP contribution in [0.5, 0.6) is 0 Å². The van der Waals surface area contributed by atoms with Crippen molar-refractivity contribution in [2.75, 3.05) is 11.5 Å². The second kappa shape index (κ2) is 2.48. The Morgan fingerprint density at radius 3 is 2.30 bits per heavy atom. The highest BCUT2D eigenvalue weighted by atomic mass is 32.2. The fourth-order valence-electron chi connectivity index (χ4n) is 1.23. The maximum atomic E-state index is 10.9. The first-order chi connectivity index (χ1) is 4.55. The van der Waals surface area contributed by atoms with Gasteiger partial charge in [-0.1, -0.05) is 6.92 Å². The van der Waals surface area contributed by atoms with Crippen LogP contribution in [0.15, 0.2) is 0 Å². The third kappa shape index (κ3) is 1.47. The molecule has 0 amide bonds. The average molecular weight is 164 g/mol. The molecule has 1 aliphatic rings. The molecule has 0 radical (unpaired) electrons. The lowest BCUT2D eigenvalue weighted by atomic mass is 10.1. The Hall–Kier alpha value is -0.130. The highest BCUT2D eigenvalue weighted by molar-refractivity contribution is 7.91. The number of sulfone groups is 1. The quantitative estimate of drug-likeness (QED) is 0.380. The molecule has 1 fully saturated rings. The summed E-state index contributed by atoms with van der Waals surface area (Å²) in [6.45, 7) is 1.88. The van der Waals surface area contributed by atoms with E-state index in [0.717, 1.165) is 0 Å². The van der Waals surface area contributed by atoms with Crippen LogP contribution < -0.4 is 11.3 Å². The summed E-state index contributed by atoms with van der Waals surface area (Å²) < 4.78 is 21.8. The second-order valence-electron chi connectivity index (χ2n) is 2.83. The van der Waals surface area contributed by atoms with Crippen LogP contribution in [0.1, 0.15) is 6.92 Å². The van der Waals surface area contributed by atoms with E-state index in [1.807, 2.05) is 6.92 Å². The average Bonchev–Trinajstić information content (AvgIpc) is 2.05. The van der Waals surface area contributed by atoms with E-state index in [9.17, 15) is 8.42 Å². The Labute approximate surface area is 60.7 Å². The minimum atomic E-state index is -2.80. The van der Waals surface area contributed by atoms with Crippen LogP contribution in [0, 0.1) is 5.92 Å². The third-order valence-corrected chi connectivity index (χ3v) is 3.75. The molecule has 60 valence electrons. The molecule has 5 heteroatoms. The van der Waals surface area contributed by atoms with Crippen LogP contribution in [-0.2, 0) is 9.84 Å². The molecule has 0 bridgehead atoms. The normalized spacial score (nSPS) is 38.2. The van der Waals surface area contributed by atoms with Gasteiger partial charge in [0.25, 0.3) is 0 Å². The number of rotatable bonds is 1. The Morgan fingerprint density at radius 2 is 2.10 bits per heavy atom. The summed E-state index contributed by atoms with van der Waals surface area (Å²) in [4.78, 5) is 0. The number of nitrogens with two attached hydrogens (primary N) is 1. The molecule has 0 aromatic heterocycles. The zero-order chi connectivity index (χ0) is 7.78. The van der Waals surface area contributed by atoms with Crippen molar-refractivity contribution in [2.45, 2.75) is 13.0 Å². The predicted molar refractivity (Wildman–Crippen MR) is 38.9 cm³/mol. The van der Waals surface area contributed by atoms with Gasteiger partial charge in [0.05, 0.1) is 11.5 Å². The van der Waals surface area contributed by atoms with Crippen molar-refractivity contribution in [3.05, 3.63) is 0 Å². The van der Waals surface area contributed by atoms with Crippen LogP contribution in [0.4, 0.5) is 0 Å². The first-order valence-electron chi connectivity index (χ1n) is 3.22. The molecule has 10 heavy (non-hydrogen) atoms. The molecular weight excluding hydrogens is 152 g/mol. The maximum absolute atomic E-state index is 10.9. The van der Waals surface area contributed by atoms with Crippen molar-refractivity contribution < 1.29 is 8.42 Å². The van der Waals surface area contributed by atoms with Gasteiger partial charge in [-0.3, -0.25) is 11.3 Å². The summed E-state index contributed by atoms with van der Waals surface area (Å²) in [6.07, 6.45) is 0. The van der Waals surface area contributed by atoms with E-state index in [1.165, 1.54) is 0 Å². The molecule has 3 N–H and O–H groups in total. The topological polar surface area (TPSA) is 72.2 Å². The largest absolute Gasteiger partial charge is 0.271 e. The fourth-order valence-corrected chi connectivity index (χ4v) is 3.38. The van der Waals surface area contributed by atoms with E-state index in [-0.39, 0.29) is 23.5 Å². The van der Waals surface area contributed by atoms with Gasteiger partial charge in [-0.2, -0.15) is 0 Å². The van der Waals surface area contributed by atoms with E-state index < -0.39 is 9.84 Å². The van der Waals surface area contributed by atoms with Crippen molar-refractivity contribution in [3.63, 3.8) is 0 Å². The van der Waals surface area contributed by atoms with Crippen molar-refractivity contribution in [1.29, 1.82) is 0 Å². The second-order valence-corrected chi connectivity index (χ2v) is 4.98. The van der Waals surface area contributed by atoms with Crippen LogP contribution in [0.3, 0.4) is 0 Å². The summed E-state index contributed by atoms with van der Waals surface area (Å²) in [5.74, 6) is 5.73. The standard InChI is InChI=1S/C5H12N2O2S/c1-4-2-10(8,9)3-5(4)7-6/h4-5,7H,2-3,6H2,1H3/t4-,5-/m1/s1. The molecule has 0 aromatic carbocycles. The van der Waals surface area contributed by atoms with Crippen molar-refractivity contribution in [2.24, 2.45) is 11.8 Å². The van der Waals surface area contributed by atoms with Gasteiger partial charge < -0.3 is 0 Å². The molecule has 0 aliphatic carbocycles. The van der Waals surface area contributed by atoms with Gasteiger partial charge >= 0.3 is 0 Å². The van der Waals surface area contributed by atoms with Gasteiger partial charge in [0, 0.05) is 6.04 Å². The van der Waals surface area contributed by atoms with Gasteiger partial charge in [-0.15, -0.1) is 0 Å². The van der Waals surface area contributed by atoms with E-state index in [0.29, 0.717) is 0 Å². The van der Waals surface area contributed by atoms with E-state index in [2.05, 4.69) is 5.43 Å². The highest BCUT2D eigenvalue weighted by Gasteiger charge is 2.33. The fraction of sp³-hybridized carbons (Fsp3) is 1.00. The summed E-state index contributed by atoms with van der Waals surface area (Å²) in [6, 6.07) is -0.0509. The summed E-state index contributed by atoms with van der Waals surface area (Å²) >= 11 is 0. The number of hydrogen-bond donors (Lipinski definition) is 2. The Bertz CT molecular complexity index is 212. The number of hydrazine groups is 1. The monoisotopic (exact) mass is 164 g/mol. The van der Waals surface area contributed by atoms with E-state index in [4.69, 9.17) is 5.84 Å². The van der Waals surface area contributed by atoms with Crippen LogP contribution in [0.2, 0.25) is 0 Å². The predicted octanol–water partition coefficient (Wildman–Crippen LogP) is -1.12. The Balaban J connectivity index is 2.71. The SMILES string of the molecule is C[C@@H]1CS(=O)(=O)C[C@H]1NN.